The molecule has 0 aliphatic carbocycles. The van der Waals surface area contributed by atoms with Crippen molar-refractivity contribution in [2.45, 2.75) is 33.4 Å². The Morgan fingerprint density at radius 2 is 1.69 bits per heavy atom. The van der Waals surface area contributed by atoms with Crippen LogP contribution in [0.1, 0.15) is 31.4 Å². The molecule has 0 amide bonds. The van der Waals surface area contributed by atoms with E-state index < -0.39 is 0 Å². The lowest BCUT2D eigenvalue weighted by Gasteiger charge is -2.14. The summed E-state index contributed by atoms with van der Waals surface area (Å²) in [6, 6.07) is 13.9. The Balaban J connectivity index is 0.00000420. The van der Waals surface area contributed by atoms with Crippen LogP contribution in [0.5, 0.6) is 17.2 Å². The normalized spacial score (nSPS) is 10.7. The lowest BCUT2D eigenvalue weighted by Crippen LogP contribution is -2.36. The third kappa shape index (κ3) is 8.00. The Kier molecular flexibility index (Phi) is 11.9. The SMILES string of the molecule is CCCOc1ccc(CN=C(NCC)NCc2ccccc2OC)cc1OC.I. The largest absolute Gasteiger partial charge is 0.496 e. The van der Waals surface area contributed by atoms with Gasteiger partial charge < -0.3 is 24.8 Å². The molecule has 0 aliphatic heterocycles. The smallest absolute Gasteiger partial charge is 0.191 e. The van der Waals surface area contributed by atoms with Crippen LogP contribution in [0.2, 0.25) is 0 Å². The van der Waals surface area contributed by atoms with Crippen molar-refractivity contribution in [3.8, 4) is 17.2 Å². The summed E-state index contributed by atoms with van der Waals surface area (Å²) in [5.74, 6) is 3.10. The first-order valence-corrected chi connectivity index (χ1v) is 9.65. The summed E-state index contributed by atoms with van der Waals surface area (Å²) in [5.41, 5.74) is 2.13. The minimum Gasteiger partial charge on any atom is -0.496 e. The first kappa shape index (κ1) is 24.9. The number of methoxy groups -OCH3 is 2. The van der Waals surface area contributed by atoms with E-state index in [1.807, 2.05) is 49.4 Å². The highest BCUT2D eigenvalue weighted by Crippen LogP contribution is 2.28. The van der Waals surface area contributed by atoms with Crippen LogP contribution >= 0.6 is 24.0 Å². The standard InChI is InChI=1S/C22H31N3O3.HI/c1-5-13-28-20-12-11-17(14-21(20)27-4)15-24-22(23-6-2)25-16-18-9-7-8-10-19(18)26-3;/h7-12,14H,5-6,13,15-16H2,1-4H3,(H2,23,24,25);1H. The van der Waals surface area contributed by atoms with Crippen molar-refractivity contribution >= 4 is 29.9 Å². The minimum atomic E-state index is 0. The average molecular weight is 513 g/mol. The van der Waals surface area contributed by atoms with Crippen molar-refractivity contribution in [2.24, 2.45) is 4.99 Å². The molecular formula is C22H32IN3O3. The molecule has 29 heavy (non-hydrogen) atoms. The summed E-state index contributed by atoms with van der Waals surface area (Å²) >= 11 is 0. The van der Waals surface area contributed by atoms with E-state index >= 15 is 0 Å². The van der Waals surface area contributed by atoms with Crippen molar-refractivity contribution in [2.75, 3.05) is 27.4 Å². The lowest BCUT2D eigenvalue weighted by atomic mass is 10.2. The van der Waals surface area contributed by atoms with Crippen LogP contribution < -0.4 is 24.8 Å². The molecule has 0 aliphatic rings. The van der Waals surface area contributed by atoms with E-state index in [2.05, 4.69) is 22.5 Å². The first-order chi connectivity index (χ1) is 13.7. The van der Waals surface area contributed by atoms with Gasteiger partial charge in [-0.2, -0.15) is 0 Å². The number of hydrogen-bond acceptors (Lipinski definition) is 4. The summed E-state index contributed by atoms with van der Waals surface area (Å²) in [4.78, 5) is 4.68. The Bertz CT molecular complexity index is 769. The van der Waals surface area contributed by atoms with Crippen molar-refractivity contribution in [1.82, 2.24) is 10.6 Å². The average Bonchev–Trinajstić information content (AvgIpc) is 2.74. The number of nitrogens with one attached hydrogen (secondary N) is 2. The van der Waals surface area contributed by atoms with Crippen LogP contribution in [-0.4, -0.2) is 33.3 Å². The molecule has 0 atom stereocenters. The zero-order chi connectivity index (χ0) is 20.2. The molecule has 2 rings (SSSR count). The number of rotatable bonds is 10. The van der Waals surface area contributed by atoms with Crippen LogP contribution in [0.3, 0.4) is 0 Å². The Morgan fingerprint density at radius 1 is 0.931 bits per heavy atom. The fourth-order valence-corrected chi connectivity index (χ4v) is 2.68. The van der Waals surface area contributed by atoms with Gasteiger partial charge in [-0.3, -0.25) is 0 Å². The lowest BCUT2D eigenvalue weighted by molar-refractivity contribution is 0.294. The van der Waals surface area contributed by atoms with Gasteiger partial charge in [0.25, 0.3) is 0 Å². The molecule has 0 unspecified atom stereocenters. The fraction of sp³-hybridized carbons (Fsp3) is 0.409. The van der Waals surface area contributed by atoms with Crippen molar-refractivity contribution in [3.05, 3.63) is 53.6 Å². The monoisotopic (exact) mass is 513 g/mol. The molecule has 7 heteroatoms. The maximum Gasteiger partial charge on any atom is 0.191 e. The maximum absolute atomic E-state index is 5.71. The number of guanidine groups is 1. The van der Waals surface area contributed by atoms with E-state index in [0.29, 0.717) is 19.7 Å². The zero-order valence-electron chi connectivity index (χ0n) is 17.7. The van der Waals surface area contributed by atoms with Crippen molar-refractivity contribution in [1.29, 1.82) is 0 Å². The van der Waals surface area contributed by atoms with Crippen LogP contribution in [0.15, 0.2) is 47.5 Å². The molecule has 0 bridgehead atoms. The second-order valence-corrected chi connectivity index (χ2v) is 6.19. The van der Waals surface area contributed by atoms with Gasteiger partial charge >= 0.3 is 0 Å². The summed E-state index contributed by atoms with van der Waals surface area (Å²) in [6.45, 7) is 6.74. The van der Waals surface area contributed by atoms with Crippen molar-refractivity contribution in [3.63, 3.8) is 0 Å². The summed E-state index contributed by atoms with van der Waals surface area (Å²) in [7, 11) is 3.33. The molecular weight excluding hydrogens is 481 g/mol. The number of ether oxygens (including phenoxy) is 3. The van der Waals surface area contributed by atoms with Gasteiger partial charge in [0.1, 0.15) is 5.75 Å². The van der Waals surface area contributed by atoms with E-state index in [1.165, 1.54) is 0 Å². The van der Waals surface area contributed by atoms with Gasteiger partial charge in [-0.25, -0.2) is 4.99 Å². The van der Waals surface area contributed by atoms with Gasteiger partial charge in [-0.15, -0.1) is 24.0 Å². The Labute approximate surface area is 191 Å². The van der Waals surface area contributed by atoms with Gasteiger partial charge in [-0.05, 0) is 37.1 Å². The zero-order valence-corrected chi connectivity index (χ0v) is 20.0. The Hall–Kier alpha value is -2.16. The summed E-state index contributed by atoms with van der Waals surface area (Å²) < 4.78 is 16.6. The van der Waals surface area contributed by atoms with E-state index in [9.17, 15) is 0 Å². The molecule has 160 valence electrons. The van der Waals surface area contributed by atoms with Gasteiger partial charge in [0.2, 0.25) is 0 Å². The molecule has 6 nitrogen and oxygen atoms in total. The van der Waals surface area contributed by atoms with Crippen LogP contribution in [0.4, 0.5) is 0 Å². The van der Waals surface area contributed by atoms with Gasteiger partial charge in [0, 0.05) is 18.7 Å². The number of halogens is 1. The van der Waals surface area contributed by atoms with E-state index in [4.69, 9.17) is 14.2 Å². The van der Waals surface area contributed by atoms with Gasteiger partial charge in [0.05, 0.1) is 27.4 Å². The van der Waals surface area contributed by atoms with Crippen molar-refractivity contribution < 1.29 is 14.2 Å². The van der Waals surface area contributed by atoms with E-state index in [0.717, 1.165) is 47.3 Å². The molecule has 0 spiro atoms. The molecule has 0 saturated carbocycles. The summed E-state index contributed by atoms with van der Waals surface area (Å²) in [5, 5.41) is 6.62. The minimum absolute atomic E-state index is 0. The molecule has 0 fully saturated rings. The second kappa shape index (κ2) is 13.9. The molecule has 0 radical (unpaired) electrons. The highest BCUT2D eigenvalue weighted by atomic mass is 127. The number of nitrogens with zero attached hydrogens (tertiary/aromatic N) is 1. The molecule has 2 aromatic carbocycles. The number of aliphatic imine (C=N–C) groups is 1. The highest BCUT2D eigenvalue weighted by Gasteiger charge is 2.07. The van der Waals surface area contributed by atoms with Gasteiger partial charge in [-0.1, -0.05) is 31.2 Å². The molecule has 0 heterocycles. The van der Waals surface area contributed by atoms with Crippen LogP contribution in [-0.2, 0) is 13.1 Å². The predicted molar refractivity (Wildman–Crippen MR) is 129 cm³/mol. The van der Waals surface area contributed by atoms with E-state index in [1.54, 1.807) is 14.2 Å². The molecule has 2 N–H and O–H groups in total. The van der Waals surface area contributed by atoms with E-state index in [-0.39, 0.29) is 24.0 Å². The molecule has 0 saturated heterocycles. The van der Waals surface area contributed by atoms with Crippen LogP contribution in [0.25, 0.3) is 0 Å². The van der Waals surface area contributed by atoms with Gasteiger partial charge in [0.15, 0.2) is 17.5 Å². The third-order valence-electron chi connectivity index (χ3n) is 4.09. The third-order valence-corrected chi connectivity index (χ3v) is 4.09. The molecule has 2 aromatic rings. The number of benzene rings is 2. The highest BCUT2D eigenvalue weighted by molar-refractivity contribution is 14.0. The fourth-order valence-electron chi connectivity index (χ4n) is 2.68. The second-order valence-electron chi connectivity index (χ2n) is 6.19. The quantitative estimate of drug-likeness (QED) is 0.281. The van der Waals surface area contributed by atoms with Crippen LogP contribution in [0, 0.1) is 0 Å². The maximum atomic E-state index is 5.71. The number of para-hydroxylation sites is 1. The number of hydrogen-bond donors (Lipinski definition) is 2. The molecule has 0 aromatic heterocycles. The summed E-state index contributed by atoms with van der Waals surface area (Å²) in [6.07, 6.45) is 0.957. The Morgan fingerprint density at radius 3 is 2.38 bits per heavy atom. The topological polar surface area (TPSA) is 64.1 Å². The first-order valence-electron chi connectivity index (χ1n) is 9.65. The predicted octanol–water partition coefficient (Wildman–Crippen LogP) is 4.37.